The molecule has 6 heteroatoms. The van der Waals surface area contributed by atoms with Crippen LogP contribution in [0.1, 0.15) is 0 Å². The number of hydrogen-bond donors (Lipinski definition) is 1. The number of anilines is 1. The third-order valence-electron chi connectivity index (χ3n) is 3.66. The van der Waals surface area contributed by atoms with Gasteiger partial charge in [0.2, 0.25) is 0 Å². The fourth-order valence-corrected chi connectivity index (χ4v) is 2.56. The number of benzene rings is 1. The molecule has 0 radical (unpaired) electrons. The summed E-state index contributed by atoms with van der Waals surface area (Å²) in [5.74, 6) is 1.79. The summed E-state index contributed by atoms with van der Waals surface area (Å²) in [7, 11) is 1.02. The van der Waals surface area contributed by atoms with Crippen LogP contribution in [-0.2, 0) is 0 Å². The number of rotatable bonds is 0. The Bertz CT molecular complexity index is 786. The number of nitrogens with zero attached hydrogens (tertiary/aromatic N) is 3. The van der Waals surface area contributed by atoms with Crippen molar-refractivity contribution >= 4 is 18.7 Å². The Hall–Kier alpha value is -2.50. The van der Waals surface area contributed by atoms with Crippen LogP contribution in [0, 0.1) is 0 Å². The van der Waals surface area contributed by atoms with Gasteiger partial charge in [-0.2, -0.15) is 5.10 Å². The van der Waals surface area contributed by atoms with E-state index < -0.39 is 0 Å². The molecule has 0 spiro atoms. The van der Waals surface area contributed by atoms with E-state index in [1.807, 2.05) is 30.6 Å². The Balaban J connectivity index is 1.89. The SMILES string of the molecule is B1CCNc2ccn3ncc(c3n2)-c2cccc(c2)OC1. The maximum Gasteiger partial charge on any atom is 0.170 e. The molecule has 21 heavy (non-hydrogen) atoms. The molecule has 0 amide bonds. The molecule has 4 rings (SSSR count). The largest absolute Gasteiger partial charge is 0.502 e. The van der Waals surface area contributed by atoms with E-state index in [0.29, 0.717) is 0 Å². The molecule has 0 atom stereocenters. The Kier molecular flexibility index (Phi) is 2.99. The monoisotopic (exact) mass is 278 g/mol. The molecule has 0 aliphatic carbocycles. The van der Waals surface area contributed by atoms with Crippen molar-refractivity contribution in [2.75, 3.05) is 18.4 Å². The first-order chi connectivity index (χ1) is 10.4. The highest BCUT2D eigenvalue weighted by molar-refractivity contribution is 6.35. The molecule has 0 fully saturated rings. The minimum Gasteiger partial charge on any atom is -0.502 e. The van der Waals surface area contributed by atoms with Gasteiger partial charge in [-0.25, -0.2) is 9.50 Å². The quantitative estimate of drug-likeness (QED) is 0.639. The fourth-order valence-electron chi connectivity index (χ4n) is 2.56. The fraction of sp³-hybridized carbons (Fsp3) is 0.200. The molecular weight excluding hydrogens is 263 g/mol. The molecule has 0 unspecified atom stereocenters. The standard InChI is InChI=1S/C15H15BN4O/c1-2-11-8-12(3-1)21-10-16-5-6-17-14-4-7-20-15(19-14)13(11)9-18-20/h1-4,7-9,16H,5-6,10H2,(H,17,19). The minimum atomic E-state index is 0.736. The van der Waals surface area contributed by atoms with Crippen LogP contribution in [-0.4, -0.2) is 34.9 Å². The van der Waals surface area contributed by atoms with Gasteiger partial charge >= 0.3 is 0 Å². The molecule has 3 heterocycles. The maximum absolute atomic E-state index is 5.82. The topological polar surface area (TPSA) is 51.5 Å². The summed E-state index contributed by atoms with van der Waals surface area (Å²) in [5, 5.41) is 7.73. The van der Waals surface area contributed by atoms with Gasteiger partial charge in [0.25, 0.3) is 0 Å². The number of aromatic nitrogens is 3. The molecule has 2 aromatic heterocycles. The van der Waals surface area contributed by atoms with Gasteiger partial charge in [-0.1, -0.05) is 18.5 Å². The van der Waals surface area contributed by atoms with Crippen molar-refractivity contribution in [1.29, 1.82) is 0 Å². The Labute approximate surface area is 123 Å². The molecule has 1 N–H and O–H groups in total. The van der Waals surface area contributed by atoms with Gasteiger partial charge in [-0.3, -0.25) is 0 Å². The van der Waals surface area contributed by atoms with E-state index in [0.717, 1.165) is 55.0 Å². The highest BCUT2D eigenvalue weighted by atomic mass is 16.5. The lowest BCUT2D eigenvalue weighted by Crippen LogP contribution is -2.12. The molecule has 4 bridgehead atoms. The van der Waals surface area contributed by atoms with Gasteiger partial charge in [-0.05, 0) is 23.8 Å². The van der Waals surface area contributed by atoms with E-state index in [1.165, 1.54) is 0 Å². The van der Waals surface area contributed by atoms with Gasteiger partial charge in [-0.15, -0.1) is 0 Å². The molecular formula is C15H15BN4O. The van der Waals surface area contributed by atoms with Crippen molar-refractivity contribution in [2.45, 2.75) is 6.32 Å². The predicted molar refractivity (Wildman–Crippen MR) is 84.4 cm³/mol. The van der Waals surface area contributed by atoms with Crippen molar-refractivity contribution in [3.8, 4) is 16.9 Å². The highest BCUT2D eigenvalue weighted by Crippen LogP contribution is 2.27. The van der Waals surface area contributed by atoms with Gasteiger partial charge in [0.05, 0.1) is 12.7 Å². The zero-order chi connectivity index (χ0) is 14.1. The number of hydrogen-bond acceptors (Lipinski definition) is 4. The van der Waals surface area contributed by atoms with Crippen molar-refractivity contribution in [1.82, 2.24) is 14.6 Å². The lowest BCUT2D eigenvalue weighted by Gasteiger charge is -2.06. The molecule has 3 aromatic rings. The first kappa shape index (κ1) is 12.3. The van der Waals surface area contributed by atoms with Crippen LogP contribution < -0.4 is 10.1 Å². The van der Waals surface area contributed by atoms with E-state index in [1.54, 1.807) is 4.52 Å². The number of ether oxygens (including phenoxy) is 1. The summed E-state index contributed by atoms with van der Waals surface area (Å²) in [6.45, 7) is 1.63. The van der Waals surface area contributed by atoms with E-state index in [-0.39, 0.29) is 0 Å². The van der Waals surface area contributed by atoms with Crippen molar-refractivity contribution < 1.29 is 4.74 Å². The Morgan fingerprint density at radius 3 is 3.29 bits per heavy atom. The second-order valence-corrected chi connectivity index (χ2v) is 5.15. The van der Waals surface area contributed by atoms with Gasteiger partial charge in [0, 0.05) is 18.3 Å². The number of nitrogens with one attached hydrogen (secondary N) is 1. The second-order valence-electron chi connectivity index (χ2n) is 5.15. The lowest BCUT2D eigenvalue weighted by atomic mass is 9.76. The Morgan fingerprint density at radius 1 is 1.29 bits per heavy atom. The summed E-state index contributed by atoms with van der Waals surface area (Å²) >= 11 is 0. The summed E-state index contributed by atoms with van der Waals surface area (Å²) in [6.07, 6.45) is 4.84. The van der Waals surface area contributed by atoms with Crippen LogP contribution in [0.3, 0.4) is 0 Å². The molecule has 0 saturated heterocycles. The van der Waals surface area contributed by atoms with E-state index >= 15 is 0 Å². The van der Waals surface area contributed by atoms with Crippen molar-refractivity contribution in [3.05, 3.63) is 42.7 Å². The van der Waals surface area contributed by atoms with Crippen LogP contribution >= 0.6 is 0 Å². The maximum atomic E-state index is 5.82. The smallest absolute Gasteiger partial charge is 0.170 e. The van der Waals surface area contributed by atoms with Gasteiger partial charge < -0.3 is 10.1 Å². The first-order valence-corrected chi connectivity index (χ1v) is 7.22. The average Bonchev–Trinajstić information content (AvgIpc) is 2.93. The van der Waals surface area contributed by atoms with E-state index in [2.05, 4.69) is 27.5 Å². The highest BCUT2D eigenvalue weighted by Gasteiger charge is 2.10. The summed E-state index contributed by atoms with van der Waals surface area (Å²) in [5.41, 5.74) is 2.95. The van der Waals surface area contributed by atoms with E-state index in [4.69, 9.17) is 4.74 Å². The minimum absolute atomic E-state index is 0.736. The van der Waals surface area contributed by atoms with Crippen LogP contribution in [0.5, 0.6) is 5.75 Å². The third-order valence-corrected chi connectivity index (χ3v) is 3.66. The van der Waals surface area contributed by atoms with Crippen LogP contribution in [0.15, 0.2) is 42.7 Å². The molecule has 5 nitrogen and oxygen atoms in total. The molecule has 0 saturated carbocycles. The normalized spacial score (nSPS) is 14.3. The Morgan fingerprint density at radius 2 is 2.29 bits per heavy atom. The average molecular weight is 278 g/mol. The van der Waals surface area contributed by atoms with Crippen LogP contribution in [0.25, 0.3) is 16.8 Å². The van der Waals surface area contributed by atoms with E-state index in [9.17, 15) is 0 Å². The second kappa shape index (κ2) is 5.12. The van der Waals surface area contributed by atoms with Crippen LogP contribution in [0.2, 0.25) is 6.32 Å². The molecule has 1 aromatic carbocycles. The van der Waals surface area contributed by atoms with Gasteiger partial charge in [0.1, 0.15) is 11.6 Å². The number of fused-ring (bicyclic) bond motifs is 4. The van der Waals surface area contributed by atoms with Crippen molar-refractivity contribution in [2.24, 2.45) is 0 Å². The van der Waals surface area contributed by atoms with Crippen molar-refractivity contribution in [3.63, 3.8) is 0 Å². The summed E-state index contributed by atoms with van der Waals surface area (Å²) < 4.78 is 7.62. The molecule has 104 valence electrons. The molecule has 1 aliphatic heterocycles. The third kappa shape index (κ3) is 2.33. The summed E-state index contributed by atoms with van der Waals surface area (Å²) in [4.78, 5) is 4.68. The zero-order valence-corrected chi connectivity index (χ0v) is 11.6. The predicted octanol–water partition coefficient (Wildman–Crippen LogP) is 2.01. The molecule has 1 aliphatic rings. The lowest BCUT2D eigenvalue weighted by molar-refractivity contribution is 0.384. The van der Waals surface area contributed by atoms with Gasteiger partial charge in [0.15, 0.2) is 12.9 Å². The summed E-state index contributed by atoms with van der Waals surface area (Å²) in [6, 6.07) is 10.1. The zero-order valence-electron chi connectivity index (χ0n) is 11.6. The van der Waals surface area contributed by atoms with Crippen LogP contribution in [0.4, 0.5) is 5.82 Å². The first-order valence-electron chi connectivity index (χ1n) is 7.22.